The van der Waals surface area contributed by atoms with Gasteiger partial charge in [-0.05, 0) is 32.8 Å². The lowest BCUT2D eigenvalue weighted by atomic mass is 9.95. The summed E-state index contributed by atoms with van der Waals surface area (Å²) in [4.78, 5) is 25.1. The fourth-order valence-corrected chi connectivity index (χ4v) is 2.88. The van der Waals surface area contributed by atoms with Crippen molar-refractivity contribution in [2.24, 2.45) is 11.7 Å². The average molecular weight is 334 g/mol. The number of carbonyl (C=O) groups excluding carboxylic acids is 2. The van der Waals surface area contributed by atoms with Crippen molar-refractivity contribution < 1.29 is 19.1 Å². The Morgan fingerprint density at radius 2 is 1.96 bits per heavy atom. The fraction of sp³-hybridized carbons (Fsp3) is 0.556. The van der Waals surface area contributed by atoms with Crippen LogP contribution in [-0.2, 0) is 15.9 Å². The number of benzene rings is 1. The van der Waals surface area contributed by atoms with Crippen LogP contribution in [-0.4, -0.2) is 41.9 Å². The summed E-state index contributed by atoms with van der Waals surface area (Å²) < 4.78 is 10.7. The minimum atomic E-state index is -0.786. The molecule has 0 saturated carbocycles. The van der Waals surface area contributed by atoms with Crippen molar-refractivity contribution in [3.63, 3.8) is 0 Å². The van der Waals surface area contributed by atoms with Crippen molar-refractivity contribution in [3.8, 4) is 0 Å². The first-order valence-electron chi connectivity index (χ1n) is 8.22. The summed E-state index contributed by atoms with van der Waals surface area (Å²) in [6.07, 6.45) is -0.132. The standard InChI is InChI=1S/C18H26N2O4/c1-18(2,3)24-17(22)20-10-9-14(12-20)15(23-16(19)21)11-13-7-5-4-6-8-13/h4-8,14-15H,9-12H2,1-3H3,(H2,19,21)/t14-,15?/m1/s1. The maximum atomic E-state index is 12.2. The SMILES string of the molecule is CC(C)(C)OC(=O)N1CC[C@@H](C(Cc2ccccc2)OC(N)=O)C1. The third-order valence-electron chi connectivity index (χ3n) is 3.95. The van der Waals surface area contributed by atoms with E-state index in [-0.39, 0.29) is 18.1 Å². The highest BCUT2D eigenvalue weighted by Gasteiger charge is 2.35. The molecule has 1 heterocycles. The van der Waals surface area contributed by atoms with E-state index in [2.05, 4.69) is 0 Å². The van der Waals surface area contributed by atoms with Crippen LogP contribution in [0.3, 0.4) is 0 Å². The number of hydrogen-bond acceptors (Lipinski definition) is 4. The Kier molecular flexibility index (Phi) is 5.70. The van der Waals surface area contributed by atoms with E-state index >= 15 is 0 Å². The molecule has 0 aromatic heterocycles. The average Bonchev–Trinajstić information content (AvgIpc) is 2.95. The Morgan fingerprint density at radius 1 is 1.29 bits per heavy atom. The van der Waals surface area contributed by atoms with Gasteiger partial charge >= 0.3 is 12.2 Å². The van der Waals surface area contributed by atoms with Crippen LogP contribution in [0.15, 0.2) is 30.3 Å². The van der Waals surface area contributed by atoms with Crippen molar-refractivity contribution in [2.75, 3.05) is 13.1 Å². The van der Waals surface area contributed by atoms with E-state index in [9.17, 15) is 9.59 Å². The first kappa shape index (κ1) is 18.1. The van der Waals surface area contributed by atoms with E-state index in [0.29, 0.717) is 19.5 Å². The monoisotopic (exact) mass is 334 g/mol. The van der Waals surface area contributed by atoms with E-state index in [0.717, 1.165) is 12.0 Å². The van der Waals surface area contributed by atoms with Gasteiger partial charge in [0.05, 0.1) is 0 Å². The van der Waals surface area contributed by atoms with Gasteiger partial charge in [0, 0.05) is 25.4 Å². The Morgan fingerprint density at radius 3 is 2.54 bits per heavy atom. The lowest BCUT2D eigenvalue weighted by Gasteiger charge is -2.26. The third kappa shape index (κ3) is 5.44. The van der Waals surface area contributed by atoms with Crippen molar-refractivity contribution >= 4 is 12.2 Å². The van der Waals surface area contributed by atoms with Crippen molar-refractivity contribution in [1.82, 2.24) is 4.90 Å². The van der Waals surface area contributed by atoms with Crippen LogP contribution in [0.1, 0.15) is 32.8 Å². The Hall–Kier alpha value is -2.24. The van der Waals surface area contributed by atoms with E-state index in [1.807, 2.05) is 51.1 Å². The maximum Gasteiger partial charge on any atom is 0.410 e. The highest BCUT2D eigenvalue weighted by Crippen LogP contribution is 2.26. The van der Waals surface area contributed by atoms with Crippen molar-refractivity contribution in [2.45, 2.75) is 45.3 Å². The first-order chi connectivity index (χ1) is 11.2. The zero-order valence-corrected chi connectivity index (χ0v) is 14.5. The second-order valence-electron chi connectivity index (χ2n) is 7.14. The summed E-state index contributed by atoms with van der Waals surface area (Å²) in [6, 6.07) is 9.79. The molecule has 24 heavy (non-hydrogen) atoms. The predicted octanol–water partition coefficient (Wildman–Crippen LogP) is 2.95. The number of primary amides is 1. The van der Waals surface area contributed by atoms with Crippen LogP contribution in [0.5, 0.6) is 0 Å². The van der Waals surface area contributed by atoms with Gasteiger partial charge < -0.3 is 20.1 Å². The van der Waals surface area contributed by atoms with E-state index in [1.54, 1.807) is 4.90 Å². The number of nitrogens with zero attached hydrogens (tertiary/aromatic N) is 1. The molecule has 2 atom stereocenters. The van der Waals surface area contributed by atoms with E-state index < -0.39 is 11.7 Å². The summed E-state index contributed by atoms with van der Waals surface area (Å²) in [7, 11) is 0. The van der Waals surface area contributed by atoms with Crippen molar-refractivity contribution in [1.29, 1.82) is 0 Å². The Labute approximate surface area is 142 Å². The maximum absolute atomic E-state index is 12.2. The normalized spacial score (nSPS) is 19.0. The quantitative estimate of drug-likeness (QED) is 0.918. The molecule has 1 saturated heterocycles. The molecule has 0 radical (unpaired) electrons. The molecule has 1 aromatic rings. The minimum absolute atomic E-state index is 0.0465. The van der Waals surface area contributed by atoms with Gasteiger partial charge in [-0.25, -0.2) is 9.59 Å². The van der Waals surface area contributed by atoms with Gasteiger partial charge in [0.25, 0.3) is 0 Å². The molecule has 2 N–H and O–H groups in total. The first-order valence-corrected chi connectivity index (χ1v) is 8.22. The summed E-state index contributed by atoms with van der Waals surface area (Å²) in [5, 5.41) is 0. The molecule has 0 aliphatic carbocycles. The topological polar surface area (TPSA) is 81.9 Å². The van der Waals surface area contributed by atoms with Gasteiger partial charge in [0.2, 0.25) is 0 Å². The number of likely N-dealkylation sites (tertiary alicyclic amines) is 1. The number of hydrogen-bond donors (Lipinski definition) is 1. The van der Waals surface area contributed by atoms with Crippen LogP contribution < -0.4 is 5.73 Å². The third-order valence-corrected chi connectivity index (χ3v) is 3.95. The summed E-state index contributed by atoms with van der Waals surface area (Å²) >= 11 is 0. The van der Waals surface area contributed by atoms with Gasteiger partial charge in [-0.15, -0.1) is 0 Å². The smallest absolute Gasteiger partial charge is 0.410 e. The van der Waals surface area contributed by atoms with Gasteiger partial charge in [0.1, 0.15) is 11.7 Å². The van der Waals surface area contributed by atoms with Crippen LogP contribution in [0.2, 0.25) is 0 Å². The largest absolute Gasteiger partial charge is 0.446 e. The van der Waals surface area contributed by atoms with E-state index in [4.69, 9.17) is 15.2 Å². The molecule has 132 valence electrons. The molecular formula is C18H26N2O4. The summed E-state index contributed by atoms with van der Waals surface area (Å²) in [6.45, 7) is 6.61. The number of rotatable bonds is 4. The zero-order valence-electron chi connectivity index (χ0n) is 14.5. The molecular weight excluding hydrogens is 308 g/mol. The molecule has 1 aromatic carbocycles. The molecule has 6 heteroatoms. The Bertz CT molecular complexity index is 568. The molecule has 2 amide bonds. The molecule has 1 unspecified atom stereocenters. The van der Waals surface area contributed by atoms with Gasteiger partial charge in [-0.1, -0.05) is 30.3 Å². The molecule has 2 rings (SSSR count). The van der Waals surface area contributed by atoms with Gasteiger partial charge in [-0.3, -0.25) is 0 Å². The lowest BCUT2D eigenvalue weighted by molar-refractivity contribution is 0.0261. The number of ether oxygens (including phenoxy) is 2. The lowest BCUT2D eigenvalue weighted by Crippen LogP contribution is -2.37. The zero-order chi connectivity index (χ0) is 17.7. The molecule has 0 spiro atoms. The minimum Gasteiger partial charge on any atom is -0.446 e. The summed E-state index contributed by atoms with van der Waals surface area (Å²) in [5.74, 6) is 0.0465. The number of nitrogens with two attached hydrogens (primary N) is 1. The number of carbonyl (C=O) groups is 2. The highest BCUT2D eigenvalue weighted by atomic mass is 16.6. The van der Waals surface area contributed by atoms with Crippen LogP contribution in [0.4, 0.5) is 9.59 Å². The molecule has 1 aliphatic rings. The highest BCUT2D eigenvalue weighted by molar-refractivity contribution is 5.68. The van der Waals surface area contributed by atoms with Crippen molar-refractivity contribution in [3.05, 3.63) is 35.9 Å². The van der Waals surface area contributed by atoms with Crippen LogP contribution in [0.25, 0.3) is 0 Å². The molecule has 6 nitrogen and oxygen atoms in total. The molecule has 0 bridgehead atoms. The van der Waals surface area contributed by atoms with Gasteiger partial charge in [-0.2, -0.15) is 0 Å². The summed E-state index contributed by atoms with van der Waals surface area (Å²) in [5.41, 5.74) is 5.77. The molecule has 1 fully saturated rings. The predicted molar refractivity (Wildman–Crippen MR) is 90.5 cm³/mol. The Balaban J connectivity index is 2.00. The van der Waals surface area contributed by atoms with Crippen LogP contribution >= 0.6 is 0 Å². The van der Waals surface area contributed by atoms with E-state index in [1.165, 1.54) is 0 Å². The van der Waals surface area contributed by atoms with Crippen LogP contribution in [0, 0.1) is 5.92 Å². The molecule has 1 aliphatic heterocycles. The fourth-order valence-electron chi connectivity index (χ4n) is 2.88. The second-order valence-corrected chi connectivity index (χ2v) is 7.14. The second kappa shape index (κ2) is 7.55. The number of amides is 2. The van der Waals surface area contributed by atoms with Gasteiger partial charge in [0.15, 0.2) is 0 Å².